The van der Waals surface area contributed by atoms with Crippen molar-refractivity contribution in [3.63, 3.8) is 0 Å². The van der Waals surface area contributed by atoms with E-state index in [1.165, 1.54) is 32.3 Å². The molecule has 10 heteroatoms. The number of halogens is 1. The molecular formula is C21H22ClN5O3S. The Morgan fingerprint density at radius 2 is 1.71 bits per heavy atom. The lowest BCUT2D eigenvalue weighted by atomic mass is 10.2. The van der Waals surface area contributed by atoms with Crippen molar-refractivity contribution >= 4 is 50.2 Å². The Labute approximate surface area is 185 Å². The molecular weight excluding hydrogens is 438 g/mol. The standard InChI is InChI=1S/C21H22ClN5O3S/c1-26(2)31(29,30)14-9-10-16(22)15(13-14)21(28)25-19-20(27-11-5-6-12-27)24-18-8-4-3-7-17(18)23-19/h3-4,7-10,13H,5-6,11-12H2,1-2H3,(H,23,25,28). The Kier molecular flexibility index (Phi) is 5.83. The first-order valence-electron chi connectivity index (χ1n) is 9.82. The summed E-state index contributed by atoms with van der Waals surface area (Å²) in [5.41, 5.74) is 1.43. The molecule has 0 bridgehead atoms. The van der Waals surface area contributed by atoms with E-state index in [1.807, 2.05) is 24.3 Å². The van der Waals surface area contributed by atoms with Crippen molar-refractivity contribution in [2.45, 2.75) is 17.7 Å². The molecule has 4 rings (SSSR count). The minimum atomic E-state index is -3.71. The second-order valence-electron chi connectivity index (χ2n) is 7.46. The number of carbonyl (C=O) groups is 1. The number of hydrogen-bond acceptors (Lipinski definition) is 6. The maximum absolute atomic E-state index is 13.1. The molecule has 0 aliphatic carbocycles. The van der Waals surface area contributed by atoms with Gasteiger partial charge >= 0.3 is 0 Å². The Morgan fingerprint density at radius 1 is 1.06 bits per heavy atom. The second kappa shape index (κ2) is 8.41. The van der Waals surface area contributed by atoms with E-state index in [0.717, 1.165) is 35.8 Å². The molecule has 2 heterocycles. The Hall–Kier alpha value is -2.75. The SMILES string of the molecule is CN(C)S(=O)(=O)c1ccc(Cl)c(C(=O)Nc2nc3ccccc3nc2N2CCCC2)c1. The zero-order chi connectivity index (χ0) is 22.2. The van der Waals surface area contributed by atoms with Crippen molar-refractivity contribution in [1.29, 1.82) is 0 Å². The lowest BCUT2D eigenvalue weighted by molar-refractivity contribution is 0.102. The van der Waals surface area contributed by atoms with Crippen molar-refractivity contribution in [3.8, 4) is 0 Å². The van der Waals surface area contributed by atoms with E-state index >= 15 is 0 Å². The molecule has 1 aromatic heterocycles. The Morgan fingerprint density at radius 3 is 2.35 bits per heavy atom. The third-order valence-electron chi connectivity index (χ3n) is 5.15. The number of aromatic nitrogens is 2. The van der Waals surface area contributed by atoms with Crippen molar-refractivity contribution in [2.75, 3.05) is 37.4 Å². The van der Waals surface area contributed by atoms with Gasteiger partial charge in [0.2, 0.25) is 10.0 Å². The highest BCUT2D eigenvalue weighted by molar-refractivity contribution is 7.89. The second-order valence-corrected chi connectivity index (χ2v) is 10.0. The number of para-hydroxylation sites is 2. The monoisotopic (exact) mass is 459 g/mol. The summed E-state index contributed by atoms with van der Waals surface area (Å²) >= 11 is 6.23. The quantitative estimate of drug-likeness (QED) is 0.628. The molecule has 31 heavy (non-hydrogen) atoms. The highest BCUT2D eigenvalue weighted by Crippen LogP contribution is 2.29. The highest BCUT2D eigenvalue weighted by atomic mass is 35.5. The maximum Gasteiger partial charge on any atom is 0.258 e. The first-order chi connectivity index (χ1) is 14.8. The van der Waals surface area contributed by atoms with E-state index < -0.39 is 15.9 Å². The molecule has 0 atom stereocenters. The van der Waals surface area contributed by atoms with Gasteiger partial charge in [-0.15, -0.1) is 0 Å². The number of nitrogens with one attached hydrogen (secondary N) is 1. The predicted molar refractivity (Wildman–Crippen MR) is 121 cm³/mol. The molecule has 1 N–H and O–H groups in total. The number of hydrogen-bond donors (Lipinski definition) is 1. The topological polar surface area (TPSA) is 95.5 Å². The maximum atomic E-state index is 13.1. The van der Waals surface area contributed by atoms with Gasteiger partial charge < -0.3 is 10.2 Å². The number of amides is 1. The first-order valence-corrected chi connectivity index (χ1v) is 11.6. The summed E-state index contributed by atoms with van der Waals surface area (Å²) in [6.45, 7) is 1.65. The number of nitrogens with zero attached hydrogens (tertiary/aromatic N) is 4. The zero-order valence-corrected chi connectivity index (χ0v) is 18.7. The fourth-order valence-corrected chi connectivity index (χ4v) is 4.58. The molecule has 1 amide bonds. The third kappa shape index (κ3) is 4.21. The summed E-state index contributed by atoms with van der Waals surface area (Å²) in [5, 5.41) is 2.94. The van der Waals surface area contributed by atoms with Gasteiger partial charge in [-0.05, 0) is 43.2 Å². The predicted octanol–water partition coefficient (Wildman–Crippen LogP) is 3.39. The first kappa shape index (κ1) is 21.5. The van der Waals surface area contributed by atoms with Gasteiger partial charge in [0.15, 0.2) is 11.6 Å². The molecule has 2 aromatic carbocycles. The molecule has 3 aromatic rings. The molecule has 1 fully saturated rings. The van der Waals surface area contributed by atoms with Crippen LogP contribution in [0.2, 0.25) is 5.02 Å². The average molecular weight is 460 g/mol. The summed E-state index contributed by atoms with van der Waals surface area (Å²) in [7, 11) is -0.860. The van der Waals surface area contributed by atoms with Crippen LogP contribution in [0.5, 0.6) is 0 Å². The molecule has 0 spiro atoms. The van der Waals surface area contributed by atoms with Crippen molar-refractivity contribution < 1.29 is 13.2 Å². The number of sulfonamides is 1. The smallest absolute Gasteiger partial charge is 0.258 e. The summed E-state index contributed by atoms with van der Waals surface area (Å²) in [4.78, 5) is 24.5. The van der Waals surface area contributed by atoms with Crippen LogP contribution in [0, 0.1) is 0 Å². The van der Waals surface area contributed by atoms with Gasteiger partial charge in [-0.1, -0.05) is 23.7 Å². The van der Waals surface area contributed by atoms with Crippen LogP contribution in [-0.4, -0.2) is 55.8 Å². The number of anilines is 2. The van der Waals surface area contributed by atoms with Gasteiger partial charge in [-0.2, -0.15) is 0 Å². The van der Waals surface area contributed by atoms with Crippen LogP contribution in [0.3, 0.4) is 0 Å². The number of fused-ring (bicyclic) bond motifs is 1. The summed E-state index contributed by atoms with van der Waals surface area (Å²) < 4.78 is 26.0. The largest absolute Gasteiger partial charge is 0.354 e. The van der Waals surface area contributed by atoms with Gasteiger partial charge in [0.1, 0.15) is 0 Å². The molecule has 0 radical (unpaired) electrons. The van der Waals surface area contributed by atoms with Crippen LogP contribution in [0.1, 0.15) is 23.2 Å². The molecule has 1 saturated heterocycles. The highest BCUT2D eigenvalue weighted by Gasteiger charge is 2.24. The molecule has 8 nitrogen and oxygen atoms in total. The van der Waals surface area contributed by atoms with Gasteiger partial charge in [0.25, 0.3) is 5.91 Å². The van der Waals surface area contributed by atoms with E-state index in [1.54, 1.807) is 0 Å². The minimum Gasteiger partial charge on any atom is -0.354 e. The van der Waals surface area contributed by atoms with Crippen LogP contribution in [-0.2, 0) is 10.0 Å². The number of carbonyl (C=O) groups excluding carboxylic acids is 1. The van der Waals surface area contributed by atoms with Gasteiger partial charge in [0, 0.05) is 27.2 Å². The third-order valence-corrected chi connectivity index (χ3v) is 7.29. The fourth-order valence-electron chi connectivity index (χ4n) is 3.45. The van der Waals surface area contributed by atoms with Gasteiger partial charge in [-0.3, -0.25) is 4.79 Å². The van der Waals surface area contributed by atoms with Crippen LogP contribution < -0.4 is 10.2 Å². The Balaban J connectivity index is 1.74. The van der Waals surface area contributed by atoms with E-state index in [2.05, 4.69) is 15.2 Å². The van der Waals surface area contributed by atoms with E-state index in [0.29, 0.717) is 17.2 Å². The zero-order valence-electron chi connectivity index (χ0n) is 17.2. The minimum absolute atomic E-state index is 0.0172. The number of benzene rings is 2. The lowest BCUT2D eigenvalue weighted by Crippen LogP contribution is -2.24. The van der Waals surface area contributed by atoms with E-state index in [-0.39, 0.29) is 15.5 Å². The van der Waals surface area contributed by atoms with Gasteiger partial charge in [0.05, 0.1) is 26.5 Å². The molecule has 0 saturated carbocycles. The Bertz CT molecular complexity index is 1260. The van der Waals surface area contributed by atoms with E-state index in [9.17, 15) is 13.2 Å². The van der Waals surface area contributed by atoms with Crippen LogP contribution in [0.4, 0.5) is 11.6 Å². The number of rotatable bonds is 5. The van der Waals surface area contributed by atoms with Crippen LogP contribution in [0.15, 0.2) is 47.4 Å². The van der Waals surface area contributed by atoms with Gasteiger partial charge in [-0.25, -0.2) is 22.7 Å². The average Bonchev–Trinajstić information content (AvgIpc) is 3.28. The fraction of sp³-hybridized carbons (Fsp3) is 0.286. The van der Waals surface area contributed by atoms with E-state index in [4.69, 9.17) is 16.6 Å². The normalized spacial score (nSPS) is 14.4. The molecule has 1 aliphatic heterocycles. The summed E-state index contributed by atoms with van der Waals surface area (Å²) in [6, 6.07) is 11.5. The van der Waals surface area contributed by atoms with Crippen LogP contribution >= 0.6 is 11.6 Å². The molecule has 0 unspecified atom stereocenters. The van der Waals surface area contributed by atoms with Crippen molar-refractivity contribution in [2.24, 2.45) is 0 Å². The lowest BCUT2D eigenvalue weighted by Gasteiger charge is -2.20. The van der Waals surface area contributed by atoms with Crippen molar-refractivity contribution in [1.82, 2.24) is 14.3 Å². The molecule has 1 aliphatic rings. The van der Waals surface area contributed by atoms with Crippen LogP contribution in [0.25, 0.3) is 11.0 Å². The molecule has 162 valence electrons. The summed E-state index contributed by atoms with van der Waals surface area (Å²) in [6.07, 6.45) is 2.08. The van der Waals surface area contributed by atoms with Crippen molar-refractivity contribution in [3.05, 3.63) is 53.1 Å². The summed E-state index contributed by atoms with van der Waals surface area (Å²) in [5.74, 6) is 0.367.